The van der Waals surface area contributed by atoms with Gasteiger partial charge in [-0.25, -0.2) is 4.79 Å². The predicted molar refractivity (Wildman–Crippen MR) is 118 cm³/mol. The summed E-state index contributed by atoms with van der Waals surface area (Å²) >= 11 is 0. The molecule has 1 amide bonds. The number of nitrogens with one attached hydrogen (secondary N) is 1. The highest BCUT2D eigenvalue weighted by Crippen LogP contribution is 2.29. The maximum Gasteiger partial charge on any atom is 0.411 e. The molecule has 0 bridgehead atoms. The van der Waals surface area contributed by atoms with Crippen LogP contribution in [0.3, 0.4) is 0 Å². The van der Waals surface area contributed by atoms with Gasteiger partial charge in [0.05, 0.1) is 5.92 Å². The number of para-hydroxylation sites is 1. The zero-order chi connectivity index (χ0) is 21.8. The summed E-state index contributed by atoms with van der Waals surface area (Å²) in [4.78, 5) is 23.6. The summed E-state index contributed by atoms with van der Waals surface area (Å²) in [6, 6.07) is 24.2. The van der Waals surface area contributed by atoms with E-state index < -0.39 is 18.0 Å². The number of anilines is 1. The number of hydrogen-bond acceptors (Lipinski definition) is 4. The van der Waals surface area contributed by atoms with Crippen LogP contribution in [0.25, 0.3) is 22.3 Å². The van der Waals surface area contributed by atoms with Crippen LogP contribution >= 0.6 is 0 Å². The van der Waals surface area contributed by atoms with Gasteiger partial charge in [0.25, 0.3) is 0 Å². The lowest BCUT2D eigenvalue weighted by atomic mass is 9.99. The van der Waals surface area contributed by atoms with E-state index in [0.29, 0.717) is 11.3 Å². The summed E-state index contributed by atoms with van der Waals surface area (Å²) in [5.74, 6) is -0.944. The highest BCUT2D eigenvalue weighted by molar-refractivity contribution is 5.88. The quantitative estimate of drug-likeness (QED) is 0.401. The second-order valence-corrected chi connectivity index (χ2v) is 7.20. The van der Waals surface area contributed by atoms with E-state index in [-0.39, 0.29) is 6.61 Å². The molecule has 0 fully saturated rings. The zero-order valence-corrected chi connectivity index (χ0v) is 16.9. The molecule has 0 unspecified atom stereocenters. The van der Waals surface area contributed by atoms with Crippen molar-refractivity contribution in [3.05, 3.63) is 90.0 Å². The van der Waals surface area contributed by atoms with Crippen LogP contribution in [0.15, 0.2) is 83.3 Å². The number of aliphatic carboxylic acids is 1. The van der Waals surface area contributed by atoms with Gasteiger partial charge in [0.2, 0.25) is 0 Å². The van der Waals surface area contributed by atoms with Gasteiger partial charge in [-0.2, -0.15) is 0 Å². The third-order valence-electron chi connectivity index (χ3n) is 5.04. The number of ether oxygens (including phenoxy) is 1. The molecule has 156 valence electrons. The first kappa shape index (κ1) is 20.2. The van der Waals surface area contributed by atoms with E-state index in [0.717, 1.165) is 27.9 Å². The second-order valence-electron chi connectivity index (χ2n) is 7.20. The second kappa shape index (κ2) is 8.75. The van der Waals surface area contributed by atoms with Crippen LogP contribution in [0.5, 0.6) is 0 Å². The Balaban J connectivity index is 1.44. The molecule has 6 heteroatoms. The number of carboxylic acid groups (broad SMARTS) is 1. The van der Waals surface area contributed by atoms with Crippen LogP contribution in [0.2, 0.25) is 0 Å². The molecule has 3 aromatic carbocycles. The van der Waals surface area contributed by atoms with Crippen LogP contribution in [0.1, 0.15) is 24.0 Å². The lowest BCUT2D eigenvalue weighted by Gasteiger charge is -2.14. The van der Waals surface area contributed by atoms with Crippen molar-refractivity contribution in [1.82, 2.24) is 0 Å². The van der Waals surface area contributed by atoms with Crippen molar-refractivity contribution in [2.75, 3.05) is 5.32 Å². The molecule has 0 aliphatic carbocycles. The summed E-state index contributed by atoms with van der Waals surface area (Å²) in [5.41, 5.74) is 3.49. The number of rotatable bonds is 6. The molecule has 1 aromatic heterocycles. The summed E-state index contributed by atoms with van der Waals surface area (Å²) < 4.78 is 11.2. The van der Waals surface area contributed by atoms with Crippen LogP contribution in [-0.4, -0.2) is 17.2 Å². The Morgan fingerprint density at radius 1 is 1.00 bits per heavy atom. The number of benzene rings is 3. The fourth-order valence-corrected chi connectivity index (χ4v) is 3.34. The van der Waals surface area contributed by atoms with Crippen LogP contribution in [0.4, 0.5) is 10.5 Å². The minimum Gasteiger partial charge on any atom is -0.481 e. The Bertz CT molecular complexity index is 1230. The molecular weight excluding hydrogens is 394 g/mol. The van der Waals surface area contributed by atoms with Gasteiger partial charge in [0, 0.05) is 16.6 Å². The third-order valence-corrected chi connectivity index (χ3v) is 5.04. The minimum absolute atomic E-state index is 0.0737. The third kappa shape index (κ3) is 4.59. The smallest absolute Gasteiger partial charge is 0.411 e. The first-order valence-corrected chi connectivity index (χ1v) is 9.84. The van der Waals surface area contributed by atoms with E-state index in [1.807, 2.05) is 54.6 Å². The maximum atomic E-state index is 12.3. The zero-order valence-electron chi connectivity index (χ0n) is 16.9. The van der Waals surface area contributed by atoms with Crippen LogP contribution < -0.4 is 5.32 Å². The Kier molecular flexibility index (Phi) is 5.71. The van der Waals surface area contributed by atoms with Gasteiger partial charge >= 0.3 is 12.1 Å². The van der Waals surface area contributed by atoms with E-state index in [1.165, 1.54) is 0 Å². The number of carbonyl (C=O) groups excluding carboxylic acids is 1. The predicted octanol–water partition coefficient (Wildman–Crippen LogP) is 6.04. The van der Waals surface area contributed by atoms with Gasteiger partial charge < -0.3 is 14.3 Å². The largest absolute Gasteiger partial charge is 0.481 e. The summed E-state index contributed by atoms with van der Waals surface area (Å²) in [5, 5.41) is 12.8. The molecule has 31 heavy (non-hydrogen) atoms. The topological polar surface area (TPSA) is 88.8 Å². The molecule has 0 aliphatic heterocycles. The SMILES string of the molecule is C[C@@H](C(=O)O)c1ccccc1NC(=O)OCc1ccc2oc(-c3ccccc3)cc2c1. The molecule has 2 N–H and O–H groups in total. The molecule has 1 heterocycles. The van der Waals surface area contributed by atoms with Crippen molar-refractivity contribution in [2.45, 2.75) is 19.4 Å². The van der Waals surface area contributed by atoms with Gasteiger partial charge in [-0.1, -0.05) is 54.6 Å². The van der Waals surface area contributed by atoms with E-state index >= 15 is 0 Å². The fourth-order valence-electron chi connectivity index (χ4n) is 3.34. The Hall–Kier alpha value is -4.06. The first-order chi connectivity index (χ1) is 15.0. The average molecular weight is 415 g/mol. The Labute approximate surface area is 179 Å². The Morgan fingerprint density at radius 3 is 2.52 bits per heavy atom. The maximum absolute atomic E-state index is 12.3. The van der Waals surface area contributed by atoms with Gasteiger partial charge in [-0.3, -0.25) is 10.1 Å². The highest BCUT2D eigenvalue weighted by atomic mass is 16.5. The highest BCUT2D eigenvalue weighted by Gasteiger charge is 2.18. The van der Waals surface area contributed by atoms with Crippen molar-refractivity contribution in [3.63, 3.8) is 0 Å². The Morgan fingerprint density at radius 2 is 1.74 bits per heavy atom. The van der Waals surface area contributed by atoms with E-state index in [2.05, 4.69) is 5.32 Å². The summed E-state index contributed by atoms with van der Waals surface area (Å²) in [6.45, 7) is 1.64. The molecular formula is C25H21NO5. The van der Waals surface area contributed by atoms with Crippen molar-refractivity contribution in [2.24, 2.45) is 0 Å². The molecule has 4 aromatic rings. The fraction of sp³-hybridized carbons (Fsp3) is 0.120. The first-order valence-electron chi connectivity index (χ1n) is 9.84. The van der Waals surface area contributed by atoms with Gasteiger partial charge in [0.15, 0.2) is 0 Å². The molecule has 0 spiro atoms. The number of carboxylic acids is 1. The van der Waals surface area contributed by atoms with Crippen molar-refractivity contribution >= 4 is 28.7 Å². The van der Waals surface area contributed by atoms with Gasteiger partial charge in [-0.15, -0.1) is 0 Å². The van der Waals surface area contributed by atoms with Gasteiger partial charge in [-0.05, 0) is 42.3 Å². The molecule has 4 rings (SSSR count). The van der Waals surface area contributed by atoms with E-state index in [1.54, 1.807) is 31.2 Å². The summed E-state index contributed by atoms with van der Waals surface area (Å²) in [6.07, 6.45) is -0.651. The monoisotopic (exact) mass is 415 g/mol. The number of hydrogen-bond donors (Lipinski definition) is 2. The number of amides is 1. The molecule has 6 nitrogen and oxygen atoms in total. The normalized spacial score (nSPS) is 11.8. The molecule has 1 atom stereocenters. The average Bonchev–Trinajstić information content (AvgIpc) is 3.21. The number of carbonyl (C=O) groups is 2. The van der Waals surface area contributed by atoms with Crippen molar-refractivity contribution in [1.29, 1.82) is 0 Å². The minimum atomic E-state index is -0.967. The van der Waals surface area contributed by atoms with E-state index in [4.69, 9.17) is 9.15 Å². The number of fused-ring (bicyclic) bond motifs is 1. The van der Waals surface area contributed by atoms with Gasteiger partial charge in [0.1, 0.15) is 18.0 Å². The molecule has 0 aliphatic rings. The molecule has 0 saturated heterocycles. The standard InChI is InChI=1S/C25H21NO5/c1-16(24(27)28)20-9-5-6-10-21(20)26-25(29)30-15-17-11-12-22-19(13-17)14-23(31-22)18-7-3-2-4-8-18/h2-14,16H,15H2,1H3,(H,26,29)(H,27,28)/t16-/m1/s1. The van der Waals surface area contributed by atoms with Crippen molar-refractivity contribution < 1.29 is 23.8 Å². The van der Waals surface area contributed by atoms with E-state index in [9.17, 15) is 14.7 Å². The molecule has 0 radical (unpaired) electrons. The number of furan rings is 1. The molecule has 0 saturated carbocycles. The lowest BCUT2D eigenvalue weighted by molar-refractivity contribution is -0.138. The lowest BCUT2D eigenvalue weighted by Crippen LogP contribution is -2.17. The van der Waals surface area contributed by atoms with Crippen molar-refractivity contribution in [3.8, 4) is 11.3 Å². The summed E-state index contributed by atoms with van der Waals surface area (Å²) in [7, 11) is 0. The van der Waals surface area contributed by atoms with Crippen LogP contribution in [-0.2, 0) is 16.1 Å². The van der Waals surface area contributed by atoms with Crippen LogP contribution in [0, 0.1) is 0 Å².